The smallest absolute Gasteiger partial charge is 0.220 e. The predicted octanol–water partition coefficient (Wildman–Crippen LogP) is 2.60. The third-order valence-corrected chi connectivity index (χ3v) is 3.11. The van der Waals surface area contributed by atoms with Crippen molar-refractivity contribution in [1.29, 1.82) is 0 Å². The highest BCUT2D eigenvalue weighted by molar-refractivity contribution is 5.85. The summed E-state index contributed by atoms with van der Waals surface area (Å²) < 4.78 is 15.6. The topological polar surface area (TPSA) is 72.9 Å². The van der Waals surface area contributed by atoms with E-state index in [0.717, 1.165) is 0 Å². The van der Waals surface area contributed by atoms with Crippen molar-refractivity contribution in [1.82, 2.24) is 14.9 Å². The molecule has 1 atom stereocenters. The van der Waals surface area contributed by atoms with E-state index in [4.69, 9.17) is 5.73 Å². The van der Waals surface area contributed by atoms with Gasteiger partial charge in [0.2, 0.25) is 5.91 Å². The zero-order valence-electron chi connectivity index (χ0n) is 12.7. The van der Waals surface area contributed by atoms with Crippen molar-refractivity contribution in [2.75, 3.05) is 0 Å². The van der Waals surface area contributed by atoms with Crippen LogP contribution in [0.2, 0.25) is 0 Å². The first kappa shape index (κ1) is 21.4. The number of halogens is 3. The zero-order chi connectivity index (χ0) is 15.2. The van der Waals surface area contributed by atoms with Crippen LogP contribution in [-0.2, 0) is 11.3 Å². The lowest BCUT2D eigenvalue weighted by Crippen LogP contribution is -2.25. The third kappa shape index (κ3) is 6.56. The van der Waals surface area contributed by atoms with E-state index in [9.17, 15) is 9.18 Å². The molecule has 3 N–H and O–H groups in total. The summed E-state index contributed by atoms with van der Waals surface area (Å²) in [7, 11) is 0. The Labute approximate surface area is 147 Å². The summed E-state index contributed by atoms with van der Waals surface area (Å²) >= 11 is 0. The number of hydrogen-bond acceptors (Lipinski definition) is 3. The summed E-state index contributed by atoms with van der Waals surface area (Å²) in [6.45, 7) is 2.16. The van der Waals surface area contributed by atoms with Crippen molar-refractivity contribution < 1.29 is 9.18 Å². The third-order valence-electron chi connectivity index (χ3n) is 3.11. The number of carbonyl (C=O) groups excluding carboxylic acids is 1. The molecule has 1 aromatic carbocycles. The predicted molar refractivity (Wildman–Crippen MR) is 92.7 cm³/mol. The number of rotatable bonds is 6. The van der Waals surface area contributed by atoms with Crippen LogP contribution in [0.15, 0.2) is 36.9 Å². The van der Waals surface area contributed by atoms with Gasteiger partial charge in [0, 0.05) is 31.4 Å². The first-order valence-electron chi connectivity index (χ1n) is 6.85. The molecule has 1 aromatic heterocycles. The highest BCUT2D eigenvalue weighted by Crippen LogP contribution is 2.14. The molecule has 128 valence electrons. The van der Waals surface area contributed by atoms with Gasteiger partial charge in [-0.25, -0.2) is 9.37 Å². The average molecular weight is 363 g/mol. The zero-order valence-corrected chi connectivity index (χ0v) is 14.4. The summed E-state index contributed by atoms with van der Waals surface area (Å²) in [5, 5.41) is 2.76. The van der Waals surface area contributed by atoms with Crippen LogP contribution in [0, 0.1) is 5.82 Å². The van der Waals surface area contributed by atoms with Gasteiger partial charge in [-0.3, -0.25) is 4.79 Å². The summed E-state index contributed by atoms with van der Waals surface area (Å²) in [5.41, 5.74) is 6.74. The van der Waals surface area contributed by atoms with Crippen molar-refractivity contribution in [2.24, 2.45) is 5.73 Å². The Balaban J connectivity index is 0.00000242. The maximum Gasteiger partial charge on any atom is 0.220 e. The van der Waals surface area contributed by atoms with Gasteiger partial charge in [0.25, 0.3) is 0 Å². The molecule has 0 aliphatic rings. The van der Waals surface area contributed by atoms with Crippen molar-refractivity contribution in [3.63, 3.8) is 0 Å². The molecular formula is C15H21Cl2FN4O. The molecule has 1 amide bonds. The minimum Gasteiger partial charge on any atom is -0.352 e. The largest absolute Gasteiger partial charge is 0.352 e. The van der Waals surface area contributed by atoms with Crippen molar-refractivity contribution in [3.05, 3.63) is 48.3 Å². The van der Waals surface area contributed by atoms with Crippen molar-refractivity contribution in [3.8, 4) is 5.69 Å². The lowest BCUT2D eigenvalue weighted by Gasteiger charge is -2.09. The number of imidazole rings is 1. The molecule has 0 bridgehead atoms. The lowest BCUT2D eigenvalue weighted by atomic mass is 10.1. The summed E-state index contributed by atoms with van der Waals surface area (Å²) in [4.78, 5) is 15.5. The molecule has 2 aromatic rings. The fourth-order valence-electron chi connectivity index (χ4n) is 1.92. The fourth-order valence-corrected chi connectivity index (χ4v) is 1.92. The number of aromatic nitrogens is 2. The number of amides is 1. The van der Waals surface area contributed by atoms with Gasteiger partial charge >= 0.3 is 0 Å². The summed E-state index contributed by atoms with van der Waals surface area (Å²) in [5.74, 6) is -0.429. The van der Waals surface area contributed by atoms with Gasteiger partial charge in [0.1, 0.15) is 5.82 Å². The van der Waals surface area contributed by atoms with Gasteiger partial charge < -0.3 is 15.6 Å². The van der Waals surface area contributed by atoms with Gasteiger partial charge in [0.15, 0.2) is 0 Å². The Morgan fingerprint density at radius 2 is 2.17 bits per heavy atom. The average Bonchev–Trinajstić information content (AvgIpc) is 2.97. The number of nitrogens with one attached hydrogen (secondary N) is 1. The molecule has 0 spiro atoms. The van der Waals surface area contributed by atoms with Gasteiger partial charge in [0.05, 0.1) is 12.0 Å². The molecule has 0 aliphatic carbocycles. The first-order valence-corrected chi connectivity index (χ1v) is 6.85. The molecule has 0 saturated heterocycles. The molecule has 2 rings (SSSR count). The second-order valence-electron chi connectivity index (χ2n) is 5.05. The Kier molecular flexibility index (Phi) is 9.48. The van der Waals surface area contributed by atoms with E-state index >= 15 is 0 Å². The number of nitrogens with zero attached hydrogens (tertiary/aromatic N) is 2. The van der Waals surface area contributed by atoms with Crippen LogP contribution >= 0.6 is 24.8 Å². The van der Waals surface area contributed by atoms with Gasteiger partial charge in [-0.15, -0.1) is 24.8 Å². The van der Waals surface area contributed by atoms with Gasteiger partial charge in [-0.2, -0.15) is 0 Å². The van der Waals surface area contributed by atoms with Crippen LogP contribution < -0.4 is 11.1 Å². The second-order valence-corrected chi connectivity index (χ2v) is 5.05. The quantitative estimate of drug-likeness (QED) is 0.829. The molecule has 0 saturated carbocycles. The molecule has 0 radical (unpaired) electrons. The normalized spacial score (nSPS) is 11.1. The second kappa shape index (κ2) is 10.2. The van der Waals surface area contributed by atoms with Crippen LogP contribution in [0.5, 0.6) is 0 Å². The van der Waals surface area contributed by atoms with Crippen LogP contribution in [0.3, 0.4) is 0 Å². The number of benzene rings is 1. The number of nitrogens with two attached hydrogens (primary N) is 1. The summed E-state index contributed by atoms with van der Waals surface area (Å²) in [6.07, 6.45) is 5.82. The number of hydrogen-bond donors (Lipinski definition) is 2. The highest BCUT2D eigenvalue weighted by atomic mass is 35.5. The molecule has 0 fully saturated rings. The molecular weight excluding hydrogens is 342 g/mol. The van der Waals surface area contributed by atoms with Crippen LogP contribution in [-0.4, -0.2) is 21.5 Å². The minimum atomic E-state index is -0.352. The Hall–Kier alpha value is -1.63. The summed E-state index contributed by atoms with van der Waals surface area (Å²) in [6, 6.07) is 4.87. The molecule has 23 heavy (non-hydrogen) atoms. The van der Waals surface area contributed by atoms with Gasteiger partial charge in [-0.05, 0) is 31.0 Å². The van der Waals surface area contributed by atoms with E-state index in [-0.39, 0.29) is 42.6 Å². The van der Waals surface area contributed by atoms with Crippen LogP contribution in [0.25, 0.3) is 5.69 Å². The Bertz CT molecular complexity index is 606. The van der Waals surface area contributed by atoms with Crippen LogP contribution in [0.4, 0.5) is 4.39 Å². The molecule has 1 unspecified atom stereocenters. The Morgan fingerprint density at radius 3 is 2.74 bits per heavy atom. The molecule has 1 heterocycles. The van der Waals surface area contributed by atoms with E-state index in [1.54, 1.807) is 29.1 Å². The van der Waals surface area contributed by atoms with Crippen molar-refractivity contribution >= 4 is 30.7 Å². The minimum absolute atomic E-state index is 0. The molecule has 0 aliphatic heterocycles. The van der Waals surface area contributed by atoms with Gasteiger partial charge in [-0.1, -0.05) is 6.07 Å². The number of carbonyl (C=O) groups is 1. The SMILES string of the molecule is CC(N)CCC(=O)NCc1ccc(-n2ccnc2)c(F)c1.Cl.Cl. The van der Waals surface area contributed by atoms with E-state index in [1.807, 2.05) is 6.92 Å². The van der Waals surface area contributed by atoms with E-state index in [0.29, 0.717) is 30.6 Å². The monoisotopic (exact) mass is 362 g/mol. The van der Waals surface area contributed by atoms with Crippen molar-refractivity contribution in [2.45, 2.75) is 32.4 Å². The first-order chi connectivity index (χ1) is 10.1. The standard InChI is InChI=1S/C15H19FN4O.2ClH/c1-11(17)2-5-15(21)19-9-12-3-4-14(13(16)8-12)20-7-6-18-10-20;;/h3-4,6-8,10-11H,2,5,9,17H2,1H3,(H,19,21);2*1H. The van der Waals surface area contributed by atoms with E-state index in [2.05, 4.69) is 10.3 Å². The maximum absolute atomic E-state index is 14.0. The lowest BCUT2D eigenvalue weighted by molar-refractivity contribution is -0.121. The fraction of sp³-hybridized carbons (Fsp3) is 0.333. The highest BCUT2D eigenvalue weighted by Gasteiger charge is 2.07. The van der Waals surface area contributed by atoms with E-state index < -0.39 is 0 Å². The Morgan fingerprint density at radius 1 is 1.43 bits per heavy atom. The van der Waals surface area contributed by atoms with Crippen LogP contribution in [0.1, 0.15) is 25.3 Å². The van der Waals surface area contributed by atoms with E-state index in [1.165, 1.54) is 12.4 Å². The maximum atomic E-state index is 14.0. The molecule has 8 heteroatoms. The molecule has 5 nitrogen and oxygen atoms in total.